The topological polar surface area (TPSA) is 41.1 Å². The van der Waals surface area contributed by atoms with Crippen LogP contribution in [0.25, 0.3) is 0 Å². The van der Waals surface area contributed by atoms with Gasteiger partial charge in [0.05, 0.1) is 5.54 Å². The highest BCUT2D eigenvalue weighted by molar-refractivity contribution is 5.86. The van der Waals surface area contributed by atoms with Crippen LogP contribution in [0.4, 0.5) is 0 Å². The van der Waals surface area contributed by atoms with Crippen molar-refractivity contribution in [1.82, 2.24) is 10.6 Å². The largest absolute Gasteiger partial charge is 0.350 e. The highest BCUT2D eigenvalue weighted by Crippen LogP contribution is 2.23. The Morgan fingerprint density at radius 3 is 2.50 bits per heavy atom. The minimum atomic E-state index is -0.383. The first kappa shape index (κ1) is 9.97. The molecule has 3 nitrogen and oxygen atoms in total. The van der Waals surface area contributed by atoms with E-state index < -0.39 is 0 Å². The number of rotatable bonds is 0. The van der Waals surface area contributed by atoms with Crippen molar-refractivity contribution in [2.75, 3.05) is 0 Å². The van der Waals surface area contributed by atoms with E-state index in [1.807, 2.05) is 13.8 Å². The van der Waals surface area contributed by atoms with E-state index in [9.17, 15) is 4.79 Å². The van der Waals surface area contributed by atoms with Gasteiger partial charge < -0.3 is 5.32 Å². The molecule has 0 spiro atoms. The maximum Gasteiger partial charge on any atom is 0.240 e. The van der Waals surface area contributed by atoms with Gasteiger partial charge in [-0.3, -0.25) is 10.1 Å². The maximum atomic E-state index is 11.7. The Morgan fingerprint density at radius 1 is 1.14 bits per heavy atom. The molecule has 2 N–H and O–H groups in total. The fraction of sp³-hybridized carbons (Fsp3) is 0.909. The summed E-state index contributed by atoms with van der Waals surface area (Å²) in [6, 6.07) is 0.864. The van der Waals surface area contributed by atoms with Crippen LogP contribution < -0.4 is 10.6 Å². The van der Waals surface area contributed by atoms with Crippen molar-refractivity contribution in [3.8, 4) is 0 Å². The highest BCUT2D eigenvalue weighted by Gasteiger charge is 2.40. The molecule has 2 fully saturated rings. The quantitative estimate of drug-likeness (QED) is 0.611. The lowest BCUT2D eigenvalue weighted by Gasteiger charge is -2.41. The third-order valence-corrected chi connectivity index (χ3v) is 3.45. The van der Waals surface area contributed by atoms with Gasteiger partial charge in [0.2, 0.25) is 5.91 Å². The Balaban J connectivity index is 2.10. The average molecular weight is 196 g/mol. The van der Waals surface area contributed by atoms with Crippen LogP contribution in [0.5, 0.6) is 0 Å². The van der Waals surface area contributed by atoms with Crippen molar-refractivity contribution in [2.24, 2.45) is 0 Å². The monoisotopic (exact) mass is 196 g/mol. The number of hydrogen-bond acceptors (Lipinski definition) is 2. The fourth-order valence-corrected chi connectivity index (χ4v) is 2.53. The lowest BCUT2D eigenvalue weighted by Crippen LogP contribution is -2.68. The number of fused-ring (bicyclic) bond motifs is 1. The van der Waals surface area contributed by atoms with Crippen LogP contribution in [0, 0.1) is 0 Å². The highest BCUT2D eigenvalue weighted by atomic mass is 16.2. The van der Waals surface area contributed by atoms with Crippen LogP contribution in [0.3, 0.4) is 0 Å². The number of carbonyl (C=O) groups excluding carboxylic acids is 1. The minimum absolute atomic E-state index is 0.153. The third kappa shape index (κ3) is 1.78. The number of piperazine rings is 1. The van der Waals surface area contributed by atoms with Crippen molar-refractivity contribution in [2.45, 2.75) is 63.6 Å². The Morgan fingerprint density at radius 2 is 1.79 bits per heavy atom. The van der Waals surface area contributed by atoms with Gasteiger partial charge in [-0.1, -0.05) is 19.3 Å². The van der Waals surface area contributed by atoms with Crippen molar-refractivity contribution >= 4 is 5.91 Å². The maximum absolute atomic E-state index is 11.7. The molecule has 80 valence electrons. The summed E-state index contributed by atoms with van der Waals surface area (Å²) in [5.41, 5.74) is -0.383. The summed E-state index contributed by atoms with van der Waals surface area (Å²) < 4.78 is 0. The first-order chi connectivity index (χ1) is 6.59. The van der Waals surface area contributed by atoms with Crippen LogP contribution in [-0.2, 0) is 4.79 Å². The summed E-state index contributed by atoms with van der Waals surface area (Å²) in [6.07, 6.45) is 6.20. The summed E-state index contributed by atoms with van der Waals surface area (Å²) in [5.74, 6) is 0.153. The molecule has 2 aliphatic rings. The summed E-state index contributed by atoms with van der Waals surface area (Å²) in [5, 5.41) is 6.62. The molecule has 0 unspecified atom stereocenters. The van der Waals surface area contributed by atoms with E-state index >= 15 is 0 Å². The second-order valence-electron chi connectivity index (χ2n) is 5.09. The molecule has 3 heteroatoms. The molecule has 0 aromatic carbocycles. The second-order valence-corrected chi connectivity index (χ2v) is 5.09. The van der Waals surface area contributed by atoms with Crippen molar-refractivity contribution in [3.05, 3.63) is 0 Å². The molecule has 1 amide bonds. The summed E-state index contributed by atoms with van der Waals surface area (Å²) in [4.78, 5) is 11.7. The second kappa shape index (κ2) is 3.54. The molecule has 1 saturated heterocycles. The van der Waals surface area contributed by atoms with Crippen molar-refractivity contribution in [3.63, 3.8) is 0 Å². The Labute approximate surface area is 85.6 Å². The zero-order valence-corrected chi connectivity index (χ0v) is 9.10. The van der Waals surface area contributed by atoms with Crippen LogP contribution in [0.2, 0.25) is 0 Å². The molecule has 1 aliphatic heterocycles. The molecule has 0 radical (unpaired) electrons. The van der Waals surface area contributed by atoms with Gasteiger partial charge in [0, 0.05) is 12.1 Å². The van der Waals surface area contributed by atoms with Gasteiger partial charge in [-0.2, -0.15) is 0 Å². The van der Waals surface area contributed by atoms with E-state index in [-0.39, 0.29) is 11.4 Å². The Hall–Kier alpha value is -0.570. The minimum Gasteiger partial charge on any atom is -0.350 e. The molecule has 0 aromatic heterocycles. The fourth-order valence-electron chi connectivity index (χ4n) is 2.53. The first-order valence-corrected chi connectivity index (χ1v) is 5.68. The zero-order valence-electron chi connectivity index (χ0n) is 9.10. The summed E-state index contributed by atoms with van der Waals surface area (Å²) in [7, 11) is 0. The van der Waals surface area contributed by atoms with Crippen LogP contribution in [0.1, 0.15) is 46.0 Å². The third-order valence-electron chi connectivity index (χ3n) is 3.45. The van der Waals surface area contributed by atoms with Gasteiger partial charge in [-0.05, 0) is 26.7 Å². The summed E-state index contributed by atoms with van der Waals surface area (Å²) >= 11 is 0. The van der Waals surface area contributed by atoms with Crippen LogP contribution >= 0.6 is 0 Å². The van der Waals surface area contributed by atoms with Gasteiger partial charge in [-0.25, -0.2) is 0 Å². The van der Waals surface area contributed by atoms with E-state index in [2.05, 4.69) is 10.6 Å². The van der Waals surface area contributed by atoms with E-state index in [1.54, 1.807) is 0 Å². The SMILES string of the molecule is CC1(C)N[C@@H]2CCCCC[C@@H]2NC1=O. The predicted octanol–water partition coefficient (Wildman–Crippen LogP) is 1.19. The van der Waals surface area contributed by atoms with Crippen LogP contribution in [-0.4, -0.2) is 23.5 Å². The van der Waals surface area contributed by atoms with Crippen molar-refractivity contribution < 1.29 is 4.79 Å². The molecule has 0 aromatic rings. The molecule has 2 atom stereocenters. The first-order valence-electron chi connectivity index (χ1n) is 5.68. The lowest BCUT2D eigenvalue weighted by atomic mass is 9.91. The van der Waals surface area contributed by atoms with Gasteiger partial charge >= 0.3 is 0 Å². The Kier molecular flexibility index (Phi) is 2.52. The van der Waals surface area contributed by atoms with E-state index in [0.29, 0.717) is 12.1 Å². The average Bonchev–Trinajstić information content (AvgIpc) is 2.30. The number of hydrogen-bond donors (Lipinski definition) is 2. The smallest absolute Gasteiger partial charge is 0.240 e. The van der Waals surface area contributed by atoms with Crippen molar-refractivity contribution in [1.29, 1.82) is 0 Å². The normalized spacial score (nSPS) is 36.9. The molecule has 2 rings (SSSR count). The predicted molar refractivity (Wildman–Crippen MR) is 56.0 cm³/mol. The van der Waals surface area contributed by atoms with Gasteiger partial charge in [0.25, 0.3) is 0 Å². The van der Waals surface area contributed by atoms with E-state index in [4.69, 9.17) is 0 Å². The molecular weight excluding hydrogens is 176 g/mol. The lowest BCUT2D eigenvalue weighted by molar-refractivity contribution is -0.130. The molecule has 1 saturated carbocycles. The van der Waals surface area contributed by atoms with Crippen LogP contribution in [0.15, 0.2) is 0 Å². The molecule has 0 bridgehead atoms. The number of amides is 1. The Bertz CT molecular complexity index is 237. The van der Waals surface area contributed by atoms with E-state index in [0.717, 1.165) is 6.42 Å². The van der Waals surface area contributed by atoms with Gasteiger partial charge in [0.15, 0.2) is 0 Å². The van der Waals surface area contributed by atoms with Gasteiger partial charge in [-0.15, -0.1) is 0 Å². The molecular formula is C11H20N2O. The number of nitrogens with one attached hydrogen (secondary N) is 2. The summed E-state index contributed by atoms with van der Waals surface area (Å²) in [6.45, 7) is 3.92. The zero-order chi connectivity index (χ0) is 10.2. The molecule has 1 heterocycles. The van der Waals surface area contributed by atoms with Gasteiger partial charge in [0.1, 0.15) is 0 Å². The molecule has 14 heavy (non-hydrogen) atoms. The number of carbonyl (C=O) groups is 1. The standard InChI is InChI=1S/C11H20N2O/c1-11(2)10(14)12-8-6-4-3-5-7-9(8)13-11/h8-9,13H,3-7H2,1-2H3,(H,12,14)/t8-,9+/m0/s1. The van der Waals surface area contributed by atoms with E-state index in [1.165, 1.54) is 25.7 Å². The molecule has 1 aliphatic carbocycles.